The molecule has 7 heteroatoms. The first-order valence-corrected chi connectivity index (χ1v) is 11.0. The fourth-order valence-corrected chi connectivity index (χ4v) is 4.60. The van der Waals surface area contributed by atoms with E-state index in [9.17, 15) is 9.59 Å². The number of aromatic nitrogens is 2. The Morgan fingerprint density at radius 2 is 1.70 bits per heavy atom. The molecule has 160 valence electrons. The molecule has 0 spiro atoms. The van der Waals surface area contributed by atoms with E-state index in [-0.39, 0.29) is 17.7 Å². The van der Waals surface area contributed by atoms with E-state index in [1.54, 1.807) is 6.20 Å². The lowest BCUT2D eigenvalue weighted by Gasteiger charge is -2.32. The number of carbonyl (C=O) groups excluding carboxylic acids is 2. The minimum absolute atomic E-state index is 0.0535. The predicted octanol–water partition coefficient (Wildman–Crippen LogP) is 3.81. The number of benzene rings is 1. The number of rotatable bonds is 6. The summed E-state index contributed by atoms with van der Waals surface area (Å²) in [6.07, 6.45) is 8.13. The van der Waals surface area contributed by atoms with Gasteiger partial charge in [0.25, 0.3) is 0 Å². The second kappa shape index (κ2) is 9.43. The quantitative estimate of drug-likeness (QED) is 0.760. The van der Waals surface area contributed by atoms with Crippen molar-refractivity contribution >= 4 is 23.3 Å². The number of nitrogens with one attached hydrogen (secondary N) is 2. The molecule has 2 amide bonds. The summed E-state index contributed by atoms with van der Waals surface area (Å²) in [5.41, 5.74) is 2.07. The Hall–Kier alpha value is -2.67. The van der Waals surface area contributed by atoms with Crippen LogP contribution in [0.5, 0.6) is 0 Å². The Morgan fingerprint density at radius 1 is 1.00 bits per heavy atom. The van der Waals surface area contributed by atoms with Gasteiger partial charge in [-0.15, -0.1) is 0 Å². The van der Waals surface area contributed by atoms with E-state index in [1.165, 1.54) is 12.5 Å². The van der Waals surface area contributed by atoms with Gasteiger partial charge in [0.2, 0.25) is 11.8 Å². The highest BCUT2D eigenvalue weighted by atomic mass is 16.2. The molecule has 1 aliphatic carbocycles. The number of carbonyl (C=O) groups is 2. The van der Waals surface area contributed by atoms with Crippen LogP contribution in [0.25, 0.3) is 0 Å². The molecule has 2 N–H and O–H groups in total. The first-order chi connectivity index (χ1) is 14.6. The maximum absolute atomic E-state index is 12.5. The largest absolute Gasteiger partial charge is 0.326 e. The van der Waals surface area contributed by atoms with Crippen molar-refractivity contribution in [2.24, 2.45) is 5.92 Å². The molecule has 4 rings (SSSR count). The highest BCUT2D eigenvalue weighted by molar-refractivity contribution is 5.92. The van der Waals surface area contributed by atoms with E-state index in [1.807, 2.05) is 22.9 Å². The number of piperidine rings is 1. The van der Waals surface area contributed by atoms with Gasteiger partial charge in [0.15, 0.2) is 0 Å². The van der Waals surface area contributed by atoms with Crippen molar-refractivity contribution in [2.75, 3.05) is 23.7 Å². The van der Waals surface area contributed by atoms with Crippen molar-refractivity contribution in [1.29, 1.82) is 0 Å². The predicted molar refractivity (Wildman–Crippen MR) is 117 cm³/mol. The van der Waals surface area contributed by atoms with Gasteiger partial charge in [-0.3, -0.25) is 14.5 Å². The lowest BCUT2D eigenvalue weighted by molar-refractivity contribution is -0.119. The Balaban J connectivity index is 1.29. The van der Waals surface area contributed by atoms with E-state index < -0.39 is 0 Å². The summed E-state index contributed by atoms with van der Waals surface area (Å²) in [7, 11) is 0. The van der Waals surface area contributed by atoms with Crippen LogP contribution < -0.4 is 10.6 Å². The number of hydrogen-bond donors (Lipinski definition) is 2. The van der Waals surface area contributed by atoms with Crippen LogP contribution in [0.15, 0.2) is 36.5 Å². The number of anilines is 2. The summed E-state index contributed by atoms with van der Waals surface area (Å²) in [4.78, 5) is 26.1. The van der Waals surface area contributed by atoms with Crippen LogP contribution in [0, 0.1) is 5.92 Å². The van der Waals surface area contributed by atoms with E-state index in [2.05, 4.69) is 32.8 Å². The molecule has 0 atom stereocenters. The first kappa shape index (κ1) is 20.6. The van der Waals surface area contributed by atoms with Crippen molar-refractivity contribution in [2.45, 2.75) is 58.0 Å². The zero-order chi connectivity index (χ0) is 20.9. The van der Waals surface area contributed by atoms with E-state index in [0.717, 1.165) is 69.7 Å². The van der Waals surface area contributed by atoms with E-state index in [4.69, 9.17) is 0 Å². The minimum Gasteiger partial charge on any atom is -0.326 e. The summed E-state index contributed by atoms with van der Waals surface area (Å²) in [6, 6.07) is 10.3. The highest BCUT2D eigenvalue weighted by Crippen LogP contribution is 2.29. The molecule has 1 aromatic carbocycles. The van der Waals surface area contributed by atoms with Gasteiger partial charge in [-0.05, 0) is 43.4 Å². The molecule has 7 nitrogen and oxygen atoms in total. The van der Waals surface area contributed by atoms with E-state index >= 15 is 0 Å². The molecule has 2 heterocycles. The van der Waals surface area contributed by atoms with Gasteiger partial charge in [-0.2, -0.15) is 5.10 Å². The summed E-state index contributed by atoms with van der Waals surface area (Å²) in [6.45, 7) is 4.41. The molecule has 0 bridgehead atoms. The van der Waals surface area contributed by atoms with Crippen LogP contribution in [-0.4, -0.2) is 39.6 Å². The fourth-order valence-electron chi connectivity index (χ4n) is 4.60. The molecule has 2 fully saturated rings. The summed E-state index contributed by atoms with van der Waals surface area (Å²) in [5, 5.41) is 10.4. The molecule has 0 radical (unpaired) electrons. The van der Waals surface area contributed by atoms with Crippen molar-refractivity contribution < 1.29 is 9.59 Å². The average Bonchev–Trinajstić information content (AvgIpc) is 3.42. The minimum atomic E-state index is -0.0535. The number of amides is 2. The zero-order valence-corrected chi connectivity index (χ0v) is 17.6. The second-order valence-corrected chi connectivity index (χ2v) is 8.52. The van der Waals surface area contributed by atoms with Crippen LogP contribution in [0.1, 0.15) is 57.1 Å². The lowest BCUT2D eigenvalue weighted by atomic mass is 10.0. The van der Waals surface area contributed by atoms with Crippen LogP contribution in [0.2, 0.25) is 0 Å². The SMILES string of the molecule is CC(=O)Nc1ccc(CN2CCC(n3nccc3NC(=O)C3CCCC3)CC2)cc1. The monoisotopic (exact) mass is 409 g/mol. The van der Waals surface area contributed by atoms with Gasteiger partial charge in [-0.25, -0.2) is 4.68 Å². The Bertz CT molecular complexity index is 862. The first-order valence-electron chi connectivity index (χ1n) is 11.0. The molecule has 1 aliphatic heterocycles. The Kier molecular flexibility index (Phi) is 6.47. The molecule has 30 heavy (non-hydrogen) atoms. The smallest absolute Gasteiger partial charge is 0.228 e. The van der Waals surface area contributed by atoms with Crippen molar-refractivity contribution in [3.8, 4) is 0 Å². The summed E-state index contributed by atoms with van der Waals surface area (Å²) in [5.74, 6) is 1.09. The topological polar surface area (TPSA) is 79.3 Å². The van der Waals surface area contributed by atoms with Crippen molar-refractivity contribution in [1.82, 2.24) is 14.7 Å². The van der Waals surface area contributed by atoms with Crippen LogP contribution in [-0.2, 0) is 16.1 Å². The standard InChI is InChI=1S/C23H31N5O2/c1-17(29)25-20-8-6-18(7-9-20)16-27-14-11-21(12-15-27)28-22(10-13-24-28)26-23(30)19-4-2-3-5-19/h6-10,13,19,21H,2-5,11-12,14-16H2,1H3,(H,25,29)(H,26,30). The van der Waals surface area contributed by atoms with Gasteiger partial charge < -0.3 is 10.6 Å². The maximum atomic E-state index is 12.5. The normalized spacial score (nSPS) is 18.4. The van der Waals surface area contributed by atoms with Gasteiger partial charge in [0.1, 0.15) is 5.82 Å². The van der Waals surface area contributed by atoms with Gasteiger partial charge in [-0.1, -0.05) is 25.0 Å². The molecular formula is C23H31N5O2. The Morgan fingerprint density at radius 3 is 2.37 bits per heavy atom. The zero-order valence-electron chi connectivity index (χ0n) is 17.6. The third kappa shape index (κ3) is 5.08. The third-order valence-corrected chi connectivity index (χ3v) is 6.23. The van der Waals surface area contributed by atoms with Crippen LogP contribution >= 0.6 is 0 Å². The highest BCUT2D eigenvalue weighted by Gasteiger charge is 2.26. The van der Waals surface area contributed by atoms with Crippen molar-refractivity contribution in [3.63, 3.8) is 0 Å². The molecule has 1 saturated carbocycles. The molecule has 1 aromatic heterocycles. The molecule has 2 aliphatic rings. The third-order valence-electron chi connectivity index (χ3n) is 6.23. The Labute approximate surface area is 177 Å². The van der Waals surface area contributed by atoms with Gasteiger partial charge in [0, 0.05) is 44.2 Å². The molecule has 2 aromatic rings. The van der Waals surface area contributed by atoms with Crippen LogP contribution in [0.3, 0.4) is 0 Å². The molecular weight excluding hydrogens is 378 g/mol. The summed E-state index contributed by atoms with van der Waals surface area (Å²) < 4.78 is 2.01. The lowest BCUT2D eigenvalue weighted by Crippen LogP contribution is -2.35. The summed E-state index contributed by atoms with van der Waals surface area (Å²) >= 11 is 0. The fraction of sp³-hybridized carbons (Fsp3) is 0.522. The average molecular weight is 410 g/mol. The number of hydrogen-bond acceptors (Lipinski definition) is 4. The second-order valence-electron chi connectivity index (χ2n) is 8.52. The maximum Gasteiger partial charge on any atom is 0.228 e. The number of nitrogens with zero attached hydrogens (tertiary/aromatic N) is 3. The van der Waals surface area contributed by atoms with Gasteiger partial charge in [0.05, 0.1) is 12.2 Å². The van der Waals surface area contributed by atoms with E-state index in [0.29, 0.717) is 6.04 Å². The number of likely N-dealkylation sites (tertiary alicyclic amines) is 1. The van der Waals surface area contributed by atoms with Crippen LogP contribution in [0.4, 0.5) is 11.5 Å². The molecule has 1 saturated heterocycles. The molecule has 0 unspecified atom stereocenters. The van der Waals surface area contributed by atoms with Crippen molar-refractivity contribution in [3.05, 3.63) is 42.1 Å². The van der Waals surface area contributed by atoms with Gasteiger partial charge >= 0.3 is 0 Å².